The van der Waals surface area contributed by atoms with Crippen molar-refractivity contribution < 1.29 is 24.1 Å². The maximum absolute atomic E-state index is 11.0. The van der Waals surface area contributed by atoms with Gasteiger partial charge in [-0.3, -0.25) is 0 Å². The zero-order chi connectivity index (χ0) is 13.3. The molecule has 96 valence electrons. The van der Waals surface area contributed by atoms with Crippen molar-refractivity contribution >= 4 is 27.4 Å². The van der Waals surface area contributed by atoms with E-state index in [-0.39, 0.29) is 4.88 Å². The fraction of sp³-hybridized carbons (Fsp3) is 0.250. The van der Waals surface area contributed by atoms with Gasteiger partial charge in [-0.25, -0.2) is 4.79 Å². The number of hydrogen-bond acceptors (Lipinski definition) is 5. The van der Waals surface area contributed by atoms with Crippen LogP contribution in [-0.2, 0) is 0 Å². The van der Waals surface area contributed by atoms with Crippen LogP contribution in [0.4, 0.5) is 0 Å². The molecule has 0 atom stereocenters. The third kappa shape index (κ3) is 1.84. The fourth-order valence-electron chi connectivity index (χ4n) is 1.75. The minimum Gasteiger partial charge on any atom is -0.493 e. The van der Waals surface area contributed by atoms with Crippen LogP contribution < -0.4 is 14.2 Å². The Kier molecular flexibility index (Phi) is 3.29. The zero-order valence-electron chi connectivity index (χ0n) is 10.1. The summed E-state index contributed by atoms with van der Waals surface area (Å²) in [5.41, 5.74) is 0. The molecule has 6 heteroatoms. The standard InChI is InChI=1S/C12H12O5S/c1-15-7-4-6-5-8(12(13)14)18-11(6)10(17-3)9(7)16-2/h4-5H,1-3H3,(H,13,14). The Morgan fingerprint density at radius 3 is 2.28 bits per heavy atom. The lowest BCUT2D eigenvalue weighted by molar-refractivity contribution is 0.0702. The molecule has 0 spiro atoms. The van der Waals surface area contributed by atoms with Crippen LogP contribution in [0.1, 0.15) is 9.67 Å². The zero-order valence-corrected chi connectivity index (χ0v) is 11.0. The number of carbonyl (C=O) groups is 1. The molecule has 0 aliphatic rings. The summed E-state index contributed by atoms with van der Waals surface area (Å²) >= 11 is 1.15. The smallest absolute Gasteiger partial charge is 0.345 e. The van der Waals surface area contributed by atoms with Crippen molar-refractivity contribution in [2.45, 2.75) is 0 Å². The van der Waals surface area contributed by atoms with Crippen molar-refractivity contribution in [3.63, 3.8) is 0 Å². The molecule has 0 unspecified atom stereocenters. The molecule has 1 aromatic heterocycles. The van der Waals surface area contributed by atoms with E-state index in [1.807, 2.05) is 0 Å². The molecule has 0 bridgehead atoms. The maximum Gasteiger partial charge on any atom is 0.345 e. The first kappa shape index (κ1) is 12.5. The van der Waals surface area contributed by atoms with Crippen LogP contribution in [0.25, 0.3) is 10.1 Å². The molecule has 1 aromatic carbocycles. The Balaban J connectivity index is 2.79. The summed E-state index contributed by atoms with van der Waals surface area (Å²) in [6.45, 7) is 0. The third-order valence-electron chi connectivity index (χ3n) is 2.52. The van der Waals surface area contributed by atoms with Crippen LogP contribution in [0.15, 0.2) is 12.1 Å². The predicted octanol–water partition coefficient (Wildman–Crippen LogP) is 2.63. The second kappa shape index (κ2) is 4.73. The first-order valence-corrected chi connectivity index (χ1v) is 5.89. The van der Waals surface area contributed by atoms with E-state index >= 15 is 0 Å². The number of benzene rings is 1. The van der Waals surface area contributed by atoms with E-state index in [0.29, 0.717) is 17.2 Å². The quantitative estimate of drug-likeness (QED) is 0.923. The van der Waals surface area contributed by atoms with E-state index in [1.165, 1.54) is 21.3 Å². The summed E-state index contributed by atoms with van der Waals surface area (Å²) in [6, 6.07) is 3.33. The molecule has 5 nitrogen and oxygen atoms in total. The van der Waals surface area contributed by atoms with Crippen molar-refractivity contribution in [2.75, 3.05) is 21.3 Å². The lowest BCUT2D eigenvalue weighted by atomic mass is 10.2. The summed E-state index contributed by atoms with van der Waals surface area (Å²) < 4.78 is 16.5. The highest BCUT2D eigenvalue weighted by Gasteiger charge is 2.19. The molecule has 0 aliphatic carbocycles. The highest BCUT2D eigenvalue weighted by atomic mass is 32.1. The first-order chi connectivity index (χ1) is 8.62. The summed E-state index contributed by atoms with van der Waals surface area (Å²) in [7, 11) is 4.54. The Labute approximate surface area is 108 Å². The van der Waals surface area contributed by atoms with Gasteiger partial charge in [0.25, 0.3) is 0 Å². The third-order valence-corrected chi connectivity index (χ3v) is 3.66. The van der Waals surface area contributed by atoms with Crippen LogP contribution in [0, 0.1) is 0 Å². The maximum atomic E-state index is 11.0. The number of aromatic carboxylic acids is 1. The van der Waals surface area contributed by atoms with Crippen LogP contribution in [-0.4, -0.2) is 32.4 Å². The van der Waals surface area contributed by atoms with Gasteiger partial charge in [0.2, 0.25) is 5.75 Å². The number of carboxylic acid groups (broad SMARTS) is 1. The van der Waals surface area contributed by atoms with Crippen molar-refractivity contribution in [2.24, 2.45) is 0 Å². The van der Waals surface area contributed by atoms with E-state index in [0.717, 1.165) is 21.4 Å². The normalized spacial score (nSPS) is 10.4. The minimum absolute atomic E-state index is 0.249. The molecular weight excluding hydrogens is 256 g/mol. The van der Waals surface area contributed by atoms with Gasteiger partial charge in [-0.2, -0.15) is 0 Å². The van der Waals surface area contributed by atoms with Gasteiger partial charge >= 0.3 is 5.97 Å². The largest absolute Gasteiger partial charge is 0.493 e. The minimum atomic E-state index is -0.962. The Hall–Kier alpha value is -1.95. The number of ether oxygens (including phenoxy) is 3. The Morgan fingerprint density at radius 1 is 1.11 bits per heavy atom. The van der Waals surface area contributed by atoms with Gasteiger partial charge < -0.3 is 19.3 Å². The summed E-state index contributed by atoms with van der Waals surface area (Å²) in [6.07, 6.45) is 0. The summed E-state index contributed by atoms with van der Waals surface area (Å²) in [5, 5.41) is 9.77. The number of carboxylic acids is 1. The van der Waals surface area contributed by atoms with Gasteiger partial charge in [0, 0.05) is 5.39 Å². The molecule has 1 N–H and O–H groups in total. The summed E-state index contributed by atoms with van der Waals surface area (Å²) in [5.74, 6) is 0.503. The molecule has 0 radical (unpaired) electrons. The van der Waals surface area contributed by atoms with Crippen molar-refractivity contribution in [1.29, 1.82) is 0 Å². The monoisotopic (exact) mass is 268 g/mol. The van der Waals surface area contributed by atoms with E-state index in [9.17, 15) is 4.79 Å². The molecule has 0 amide bonds. The highest BCUT2D eigenvalue weighted by Crippen LogP contribution is 2.46. The SMILES string of the molecule is COc1cc2cc(C(=O)O)sc2c(OC)c1OC. The van der Waals surface area contributed by atoms with Gasteiger partial charge in [-0.15, -0.1) is 11.3 Å². The van der Waals surface area contributed by atoms with Gasteiger partial charge in [0.15, 0.2) is 11.5 Å². The topological polar surface area (TPSA) is 65.0 Å². The summed E-state index contributed by atoms with van der Waals surface area (Å²) in [4.78, 5) is 11.2. The van der Waals surface area contributed by atoms with Crippen LogP contribution >= 0.6 is 11.3 Å². The number of rotatable bonds is 4. The molecule has 1 heterocycles. The second-order valence-corrected chi connectivity index (χ2v) is 4.53. The number of hydrogen-bond donors (Lipinski definition) is 1. The Morgan fingerprint density at radius 2 is 1.78 bits per heavy atom. The number of thiophene rings is 1. The average Bonchev–Trinajstić information content (AvgIpc) is 2.79. The van der Waals surface area contributed by atoms with Gasteiger partial charge in [-0.1, -0.05) is 0 Å². The number of methoxy groups -OCH3 is 3. The van der Waals surface area contributed by atoms with Crippen LogP contribution in [0.5, 0.6) is 17.2 Å². The van der Waals surface area contributed by atoms with Crippen LogP contribution in [0.3, 0.4) is 0 Å². The molecule has 0 saturated heterocycles. The van der Waals surface area contributed by atoms with Gasteiger partial charge in [0.05, 0.1) is 26.0 Å². The molecular formula is C12H12O5S. The van der Waals surface area contributed by atoms with E-state index in [4.69, 9.17) is 19.3 Å². The van der Waals surface area contributed by atoms with E-state index in [2.05, 4.69) is 0 Å². The fourth-order valence-corrected chi connectivity index (χ4v) is 2.74. The molecule has 2 aromatic rings. The van der Waals surface area contributed by atoms with Crippen molar-refractivity contribution in [3.8, 4) is 17.2 Å². The lowest BCUT2D eigenvalue weighted by Crippen LogP contribution is -1.94. The predicted molar refractivity (Wildman–Crippen MR) is 68.4 cm³/mol. The van der Waals surface area contributed by atoms with E-state index < -0.39 is 5.97 Å². The lowest BCUT2D eigenvalue weighted by Gasteiger charge is -2.12. The Bertz CT molecular complexity index is 602. The second-order valence-electron chi connectivity index (χ2n) is 3.48. The number of fused-ring (bicyclic) bond motifs is 1. The van der Waals surface area contributed by atoms with Crippen molar-refractivity contribution in [1.82, 2.24) is 0 Å². The van der Waals surface area contributed by atoms with Gasteiger partial charge in [-0.05, 0) is 12.1 Å². The highest BCUT2D eigenvalue weighted by molar-refractivity contribution is 7.21. The molecule has 0 fully saturated rings. The van der Waals surface area contributed by atoms with Crippen molar-refractivity contribution in [3.05, 3.63) is 17.0 Å². The molecule has 2 rings (SSSR count). The van der Waals surface area contributed by atoms with Crippen LogP contribution in [0.2, 0.25) is 0 Å². The average molecular weight is 268 g/mol. The molecule has 0 aliphatic heterocycles. The van der Waals surface area contributed by atoms with Gasteiger partial charge in [0.1, 0.15) is 4.88 Å². The molecule has 0 saturated carbocycles. The molecule has 18 heavy (non-hydrogen) atoms. The first-order valence-electron chi connectivity index (χ1n) is 5.08. The van der Waals surface area contributed by atoms with E-state index in [1.54, 1.807) is 12.1 Å².